The molecular weight excluding hydrogens is 356 g/mol. The Morgan fingerprint density at radius 2 is 1.18 bits per heavy atom. The van der Waals surface area contributed by atoms with Crippen molar-refractivity contribution in [3.63, 3.8) is 0 Å². The van der Waals surface area contributed by atoms with Crippen molar-refractivity contribution in [1.29, 1.82) is 0 Å². The monoisotopic (exact) mass is 380 g/mol. The van der Waals surface area contributed by atoms with Crippen LogP contribution in [-0.4, -0.2) is 23.2 Å². The van der Waals surface area contributed by atoms with Crippen molar-refractivity contribution in [2.75, 3.05) is 11.5 Å². The summed E-state index contributed by atoms with van der Waals surface area (Å²) in [7, 11) is 0. The van der Waals surface area contributed by atoms with E-state index in [1.54, 1.807) is 38.1 Å². The number of benzene rings is 2. The topological polar surface area (TPSA) is 135 Å². The highest BCUT2D eigenvalue weighted by molar-refractivity contribution is 6.00. The Morgan fingerprint density at radius 1 is 0.786 bits per heavy atom. The van der Waals surface area contributed by atoms with E-state index >= 15 is 0 Å². The Labute approximate surface area is 163 Å². The molecule has 0 radical (unpaired) electrons. The SMILES string of the molecule is C/C(=N/NC(=O)CCC(=O)N/N=C(/C)c1cccc(N)c1)c1cccc(N)c1. The molecule has 0 spiro atoms. The fraction of sp³-hybridized carbons (Fsp3) is 0.200. The maximum absolute atomic E-state index is 11.9. The predicted molar refractivity (Wildman–Crippen MR) is 112 cm³/mol. The minimum Gasteiger partial charge on any atom is -0.399 e. The van der Waals surface area contributed by atoms with Gasteiger partial charge in [0.2, 0.25) is 11.8 Å². The van der Waals surface area contributed by atoms with Gasteiger partial charge < -0.3 is 11.5 Å². The summed E-state index contributed by atoms with van der Waals surface area (Å²) in [5.41, 5.74) is 20.4. The van der Waals surface area contributed by atoms with Gasteiger partial charge in [-0.1, -0.05) is 24.3 Å². The highest BCUT2D eigenvalue weighted by Crippen LogP contribution is 2.08. The zero-order chi connectivity index (χ0) is 20.5. The van der Waals surface area contributed by atoms with E-state index in [1.807, 2.05) is 24.3 Å². The van der Waals surface area contributed by atoms with Gasteiger partial charge in [0.1, 0.15) is 0 Å². The second-order valence-electron chi connectivity index (χ2n) is 6.22. The standard InChI is InChI=1S/C20H24N6O2/c1-13(15-5-3-7-17(21)11-15)23-25-19(27)9-10-20(28)26-24-14(2)16-6-4-8-18(22)12-16/h3-8,11-12H,9-10,21-22H2,1-2H3,(H,25,27)(H,26,28)/b23-13-,24-14-. The first-order chi connectivity index (χ1) is 13.3. The average Bonchev–Trinajstić information content (AvgIpc) is 2.68. The van der Waals surface area contributed by atoms with Gasteiger partial charge >= 0.3 is 0 Å². The molecule has 0 aliphatic rings. The van der Waals surface area contributed by atoms with Gasteiger partial charge in [0.15, 0.2) is 0 Å². The molecule has 0 unspecified atom stereocenters. The summed E-state index contributed by atoms with van der Waals surface area (Å²) >= 11 is 0. The molecule has 2 rings (SSSR count). The number of anilines is 2. The summed E-state index contributed by atoms with van der Waals surface area (Å²) in [6.07, 6.45) is -0.0151. The molecule has 146 valence electrons. The van der Waals surface area contributed by atoms with E-state index in [2.05, 4.69) is 21.1 Å². The van der Waals surface area contributed by atoms with Crippen LogP contribution < -0.4 is 22.3 Å². The molecule has 0 atom stereocenters. The first-order valence-electron chi connectivity index (χ1n) is 8.73. The number of hydrazone groups is 2. The Morgan fingerprint density at radius 3 is 1.54 bits per heavy atom. The van der Waals surface area contributed by atoms with Crippen molar-refractivity contribution in [1.82, 2.24) is 10.9 Å². The normalized spacial score (nSPS) is 11.8. The summed E-state index contributed by atoms with van der Waals surface area (Å²) in [6, 6.07) is 14.4. The molecule has 0 heterocycles. The highest BCUT2D eigenvalue weighted by atomic mass is 16.2. The van der Waals surface area contributed by atoms with Crippen molar-refractivity contribution in [2.45, 2.75) is 26.7 Å². The molecule has 0 fully saturated rings. The van der Waals surface area contributed by atoms with Crippen LogP contribution in [0.5, 0.6) is 0 Å². The lowest BCUT2D eigenvalue weighted by Gasteiger charge is -2.05. The molecular formula is C20H24N6O2. The van der Waals surface area contributed by atoms with Gasteiger partial charge in [-0.05, 0) is 49.2 Å². The maximum atomic E-state index is 11.9. The van der Waals surface area contributed by atoms with Gasteiger partial charge in [0.05, 0.1) is 11.4 Å². The quantitative estimate of drug-likeness (QED) is 0.332. The largest absolute Gasteiger partial charge is 0.399 e. The molecule has 0 bridgehead atoms. The van der Waals surface area contributed by atoms with Gasteiger partial charge in [-0.3, -0.25) is 9.59 Å². The molecule has 6 N–H and O–H groups in total. The number of nitrogens with zero attached hydrogens (tertiary/aromatic N) is 2. The van der Waals surface area contributed by atoms with E-state index in [4.69, 9.17) is 11.5 Å². The second kappa shape index (κ2) is 9.86. The van der Waals surface area contributed by atoms with Crippen LogP contribution in [0.25, 0.3) is 0 Å². The van der Waals surface area contributed by atoms with E-state index in [9.17, 15) is 9.59 Å². The van der Waals surface area contributed by atoms with Crippen LogP contribution in [0.15, 0.2) is 58.7 Å². The fourth-order valence-corrected chi connectivity index (χ4v) is 2.29. The third-order valence-corrected chi connectivity index (χ3v) is 3.88. The van der Waals surface area contributed by atoms with Crippen molar-refractivity contribution < 1.29 is 9.59 Å². The van der Waals surface area contributed by atoms with Gasteiger partial charge in [-0.2, -0.15) is 10.2 Å². The summed E-state index contributed by atoms with van der Waals surface area (Å²) in [6.45, 7) is 3.52. The van der Waals surface area contributed by atoms with Crippen LogP contribution in [-0.2, 0) is 9.59 Å². The minimum absolute atomic E-state index is 0.00754. The van der Waals surface area contributed by atoms with Crippen LogP contribution in [0.4, 0.5) is 11.4 Å². The van der Waals surface area contributed by atoms with E-state index in [1.165, 1.54) is 0 Å². The average molecular weight is 380 g/mol. The van der Waals surface area contributed by atoms with E-state index < -0.39 is 0 Å². The van der Waals surface area contributed by atoms with Gasteiger partial charge in [0, 0.05) is 24.2 Å². The first kappa shape index (κ1) is 20.6. The van der Waals surface area contributed by atoms with Crippen LogP contribution in [0, 0.1) is 0 Å². The number of nitrogens with two attached hydrogens (primary N) is 2. The smallest absolute Gasteiger partial charge is 0.240 e. The molecule has 28 heavy (non-hydrogen) atoms. The van der Waals surface area contributed by atoms with Crippen LogP contribution >= 0.6 is 0 Å². The van der Waals surface area contributed by atoms with Crippen molar-refractivity contribution >= 4 is 34.6 Å². The Bertz CT molecular complexity index is 845. The van der Waals surface area contributed by atoms with E-state index in [0.717, 1.165) is 11.1 Å². The number of nitrogen functional groups attached to an aromatic ring is 2. The van der Waals surface area contributed by atoms with Crippen LogP contribution in [0.3, 0.4) is 0 Å². The van der Waals surface area contributed by atoms with E-state index in [-0.39, 0.29) is 24.7 Å². The van der Waals surface area contributed by atoms with Gasteiger partial charge in [-0.25, -0.2) is 10.9 Å². The minimum atomic E-state index is -0.366. The predicted octanol–water partition coefficient (Wildman–Crippen LogP) is 2.01. The highest BCUT2D eigenvalue weighted by Gasteiger charge is 2.07. The Hall–Kier alpha value is -3.68. The lowest BCUT2D eigenvalue weighted by atomic mass is 10.1. The van der Waals surface area contributed by atoms with Crippen molar-refractivity contribution in [2.24, 2.45) is 10.2 Å². The molecule has 0 saturated heterocycles. The zero-order valence-corrected chi connectivity index (χ0v) is 15.9. The molecule has 0 aromatic heterocycles. The van der Waals surface area contributed by atoms with Crippen molar-refractivity contribution in [3.8, 4) is 0 Å². The lowest BCUT2D eigenvalue weighted by Crippen LogP contribution is -2.24. The molecule has 0 saturated carbocycles. The number of carbonyl (C=O) groups excluding carboxylic acids is 2. The first-order valence-corrected chi connectivity index (χ1v) is 8.73. The molecule has 8 nitrogen and oxygen atoms in total. The molecule has 2 amide bonds. The van der Waals surface area contributed by atoms with Crippen LogP contribution in [0.2, 0.25) is 0 Å². The maximum Gasteiger partial charge on any atom is 0.240 e. The molecule has 0 aliphatic heterocycles. The summed E-state index contributed by atoms with van der Waals surface area (Å²) in [5.74, 6) is -0.732. The Kier molecular flexibility index (Phi) is 7.27. The number of amides is 2. The molecule has 2 aromatic rings. The third-order valence-electron chi connectivity index (χ3n) is 3.88. The number of rotatable bonds is 7. The third kappa shape index (κ3) is 6.56. The number of carbonyl (C=O) groups is 2. The summed E-state index contributed by atoms with van der Waals surface area (Å²) in [4.78, 5) is 23.7. The number of nitrogens with one attached hydrogen (secondary N) is 2. The van der Waals surface area contributed by atoms with Gasteiger partial charge in [0.25, 0.3) is 0 Å². The van der Waals surface area contributed by atoms with E-state index in [0.29, 0.717) is 22.8 Å². The van der Waals surface area contributed by atoms with Gasteiger partial charge in [-0.15, -0.1) is 0 Å². The molecule has 8 heteroatoms. The number of hydrogen-bond donors (Lipinski definition) is 4. The summed E-state index contributed by atoms with van der Waals surface area (Å²) in [5, 5.41) is 8.05. The zero-order valence-electron chi connectivity index (χ0n) is 15.9. The molecule has 0 aliphatic carbocycles. The lowest BCUT2D eigenvalue weighted by molar-refractivity contribution is -0.126. The van der Waals surface area contributed by atoms with Crippen LogP contribution in [0.1, 0.15) is 37.8 Å². The Balaban J connectivity index is 1.79. The molecule has 2 aromatic carbocycles. The second-order valence-corrected chi connectivity index (χ2v) is 6.22. The summed E-state index contributed by atoms with van der Waals surface area (Å²) < 4.78 is 0. The van der Waals surface area contributed by atoms with Crippen molar-refractivity contribution in [3.05, 3.63) is 59.7 Å². The fourth-order valence-electron chi connectivity index (χ4n) is 2.29. The number of hydrogen-bond acceptors (Lipinski definition) is 6.